The van der Waals surface area contributed by atoms with Crippen LogP contribution < -0.4 is 5.32 Å². The average molecular weight is 358 g/mol. The minimum atomic E-state index is 0.00855. The Bertz CT molecular complexity index is 977. The number of hydrogen-bond donors (Lipinski definition) is 1. The van der Waals surface area contributed by atoms with Crippen molar-refractivity contribution in [2.75, 3.05) is 20.1 Å². The van der Waals surface area contributed by atoms with Crippen molar-refractivity contribution >= 4 is 16.7 Å². The number of nitrogens with one attached hydrogen (secondary N) is 1. The number of likely N-dealkylation sites (N-methyl/N-ethyl adjacent to an activating group) is 1. The fourth-order valence-corrected chi connectivity index (χ4v) is 3.01. The number of carbonyl (C=O) groups excluding carboxylic acids is 1. The van der Waals surface area contributed by atoms with Crippen LogP contribution in [0.25, 0.3) is 10.8 Å². The predicted molar refractivity (Wildman–Crippen MR) is 106 cm³/mol. The number of nitriles is 1. The SMILES string of the molecule is CN(CCNC(=O)Cc1ccc2cnccc2c1)Cc1ccccc1C#N. The first-order valence-electron chi connectivity index (χ1n) is 8.91. The molecule has 0 fully saturated rings. The molecule has 0 aliphatic heterocycles. The summed E-state index contributed by atoms with van der Waals surface area (Å²) >= 11 is 0. The fourth-order valence-electron chi connectivity index (χ4n) is 3.01. The third-order valence-electron chi connectivity index (χ3n) is 4.46. The fraction of sp³-hybridized carbons (Fsp3) is 0.227. The zero-order valence-corrected chi connectivity index (χ0v) is 15.4. The molecule has 0 saturated carbocycles. The zero-order chi connectivity index (χ0) is 19.1. The van der Waals surface area contributed by atoms with E-state index in [1.807, 2.05) is 61.8 Å². The molecule has 0 radical (unpaired) electrons. The maximum absolute atomic E-state index is 12.2. The van der Waals surface area contributed by atoms with Crippen molar-refractivity contribution in [1.29, 1.82) is 5.26 Å². The lowest BCUT2D eigenvalue weighted by atomic mass is 10.1. The number of amides is 1. The summed E-state index contributed by atoms with van der Waals surface area (Å²) in [5.41, 5.74) is 2.68. The number of aromatic nitrogens is 1. The predicted octanol–water partition coefficient (Wildman–Crippen LogP) is 2.90. The van der Waals surface area contributed by atoms with Crippen molar-refractivity contribution in [2.45, 2.75) is 13.0 Å². The summed E-state index contributed by atoms with van der Waals surface area (Å²) < 4.78 is 0. The van der Waals surface area contributed by atoms with Crippen molar-refractivity contribution in [1.82, 2.24) is 15.2 Å². The summed E-state index contributed by atoms with van der Waals surface area (Å²) in [5.74, 6) is 0.00855. The molecule has 0 spiro atoms. The molecule has 136 valence electrons. The molecule has 27 heavy (non-hydrogen) atoms. The van der Waals surface area contributed by atoms with Gasteiger partial charge in [-0.15, -0.1) is 0 Å². The molecule has 1 amide bonds. The van der Waals surface area contributed by atoms with E-state index < -0.39 is 0 Å². The quantitative estimate of drug-likeness (QED) is 0.705. The van der Waals surface area contributed by atoms with Crippen LogP contribution in [0, 0.1) is 11.3 Å². The van der Waals surface area contributed by atoms with E-state index in [1.165, 1.54) is 0 Å². The number of rotatable bonds is 7. The molecular formula is C22H22N4O. The largest absolute Gasteiger partial charge is 0.355 e. The molecule has 0 bridgehead atoms. The van der Waals surface area contributed by atoms with Crippen molar-refractivity contribution in [3.63, 3.8) is 0 Å². The maximum Gasteiger partial charge on any atom is 0.224 e. The number of nitrogens with zero attached hydrogens (tertiary/aromatic N) is 3. The molecule has 5 nitrogen and oxygen atoms in total. The topological polar surface area (TPSA) is 69.0 Å². The highest BCUT2D eigenvalue weighted by atomic mass is 16.1. The van der Waals surface area contributed by atoms with E-state index in [0.717, 1.165) is 28.4 Å². The van der Waals surface area contributed by atoms with Crippen molar-refractivity contribution in [3.8, 4) is 6.07 Å². The lowest BCUT2D eigenvalue weighted by molar-refractivity contribution is -0.120. The van der Waals surface area contributed by atoms with E-state index in [-0.39, 0.29) is 5.91 Å². The molecule has 1 aromatic heterocycles. The van der Waals surface area contributed by atoms with Crippen LogP contribution in [0.3, 0.4) is 0 Å². The normalized spacial score (nSPS) is 10.7. The van der Waals surface area contributed by atoms with Crippen LogP contribution in [0.15, 0.2) is 60.9 Å². The van der Waals surface area contributed by atoms with Gasteiger partial charge in [0.2, 0.25) is 5.91 Å². The summed E-state index contributed by atoms with van der Waals surface area (Å²) in [6, 6.07) is 17.7. The second kappa shape index (κ2) is 8.93. The first-order valence-corrected chi connectivity index (χ1v) is 8.91. The van der Waals surface area contributed by atoms with Crippen molar-refractivity contribution in [2.24, 2.45) is 0 Å². The lowest BCUT2D eigenvalue weighted by Crippen LogP contribution is -2.33. The monoisotopic (exact) mass is 358 g/mol. The van der Waals surface area contributed by atoms with Gasteiger partial charge < -0.3 is 10.2 Å². The summed E-state index contributed by atoms with van der Waals surface area (Å²) in [6.07, 6.45) is 3.94. The van der Waals surface area contributed by atoms with Gasteiger partial charge >= 0.3 is 0 Å². The summed E-state index contributed by atoms with van der Waals surface area (Å²) in [5, 5.41) is 14.3. The molecule has 0 atom stereocenters. The van der Waals surface area contributed by atoms with Gasteiger partial charge in [-0.2, -0.15) is 5.26 Å². The Labute approximate surface area is 159 Å². The van der Waals surface area contributed by atoms with Gasteiger partial charge in [0, 0.05) is 37.4 Å². The number of carbonyl (C=O) groups is 1. The van der Waals surface area contributed by atoms with Gasteiger partial charge in [-0.1, -0.05) is 36.4 Å². The Morgan fingerprint density at radius 2 is 2.04 bits per heavy atom. The Balaban J connectivity index is 1.46. The van der Waals surface area contributed by atoms with Crippen molar-refractivity contribution < 1.29 is 4.79 Å². The summed E-state index contributed by atoms with van der Waals surface area (Å²) in [6.45, 7) is 1.97. The number of fused-ring (bicyclic) bond motifs is 1. The Morgan fingerprint density at radius 1 is 1.19 bits per heavy atom. The van der Waals surface area contributed by atoms with Gasteiger partial charge in [-0.3, -0.25) is 9.78 Å². The Kier molecular flexibility index (Phi) is 6.14. The van der Waals surface area contributed by atoms with E-state index in [1.54, 1.807) is 6.20 Å². The van der Waals surface area contributed by atoms with E-state index in [9.17, 15) is 4.79 Å². The lowest BCUT2D eigenvalue weighted by Gasteiger charge is -2.17. The van der Waals surface area contributed by atoms with E-state index >= 15 is 0 Å². The smallest absolute Gasteiger partial charge is 0.224 e. The van der Waals surface area contributed by atoms with Gasteiger partial charge in [0.05, 0.1) is 18.1 Å². The average Bonchev–Trinajstić information content (AvgIpc) is 2.68. The van der Waals surface area contributed by atoms with Gasteiger partial charge in [0.25, 0.3) is 0 Å². The molecule has 0 saturated heterocycles. The van der Waals surface area contributed by atoms with Crippen LogP contribution in [0.5, 0.6) is 0 Å². The highest BCUT2D eigenvalue weighted by Crippen LogP contribution is 2.15. The van der Waals surface area contributed by atoms with Gasteiger partial charge in [-0.25, -0.2) is 0 Å². The first kappa shape index (κ1) is 18.6. The van der Waals surface area contributed by atoms with Crippen LogP contribution >= 0.6 is 0 Å². The molecule has 2 aromatic carbocycles. The number of pyridine rings is 1. The molecule has 1 heterocycles. The van der Waals surface area contributed by atoms with Crippen molar-refractivity contribution in [3.05, 3.63) is 77.6 Å². The third kappa shape index (κ3) is 5.13. The van der Waals surface area contributed by atoms with Crippen LogP contribution in [0.1, 0.15) is 16.7 Å². The molecule has 0 aliphatic rings. The first-order chi connectivity index (χ1) is 13.2. The standard InChI is InChI=1S/C22H22N4O/c1-26(16-21-5-3-2-4-19(21)14-23)11-10-25-22(27)13-17-6-7-20-15-24-9-8-18(20)12-17/h2-9,12,15H,10-11,13,16H2,1H3,(H,25,27). The second-order valence-corrected chi connectivity index (χ2v) is 6.59. The Morgan fingerprint density at radius 3 is 2.89 bits per heavy atom. The van der Waals surface area contributed by atoms with Gasteiger partial charge in [0.15, 0.2) is 0 Å². The van der Waals surface area contributed by atoms with Crippen LogP contribution in [0.2, 0.25) is 0 Å². The molecule has 5 heteroatoms. The molecule has 3 rings (SSSR count). The summed E-state index contributed by atoms with van der Waals surface area (Å²) in [4.78, 5) is 18.4. The van der Waals surface area contributed by atoms with Crippen LogP contribution in [0.4, 0.5) is 0 Å². The molecule has 0 aliphatic carbocycles. The molecule has 0 unspecified atom stereocenters. The number of benzene rings is 2. The van der Waals surface area contributed by atoms with E-state index in [0.29, 0.717) is 25.1 Å². The minimum absolute atomic E-state index is 0.00855. The number of hydrogen-bond acceptors (Lipinski definition) is 4. The van der Waals surface area contributed by atoms with Gasteiger partial charge in [-0.05, 0) is 35.7 Å². The molecule has 3 aromatic rings. The molecule has 1 N–H and O–H groups in total. The second-order valence-electron chi connectivity index (χ2n) is 6.59. The molecular weight excluding hydrogens is 336 g/mol. The zero-order valence-electron chi connectivity index (χ0n) is 15.4. The van der Waals surface area contributed by atoms with E-state index in [2.05, 4.69) is 21.3 Å². The summed E-state index contributed by atoms with van der Waals surface area (Å²) in [7, 11) is 1.98. The van der Waals surface area contributed by atoms with Crippen LogP contribution in [-0.2, 0) is 17.8 Å². The highest BCUT2D eigenvalue weighted by molar-refractivity contribution is 5.84. The minimum Gasteiger partial charge on any atom is -0.355 e. The Hall–Kier alpha value is -3.23. The maximum atomic E-state index is 12.2. The third-order valence-corrected chi connectivity index (χ3v) is 4.46. The van der Waals surface area contributed by atoms with E-state index in [4.69, 9.17) is 5.26 Å². The van der Waals surface area contributed by atoms with Crippen LogP contribution in [-0.4, -0.2) is 35.9 Å². The van der Waals surface area contributed by atoms with Gasteiger partial charge in [0.1, 0.15) is 0 Å². The highest BCUT2D eigenvalue weighted by Gasteiger charge is 2.07.